The highest BCUT2D eigenvalue weighted by molar-refractivity contribution is 6.04. The molecule has 2 aromatic carbocycles. The molecule has 5 nitrogen and oxygen atoms in total. The zero-order chi connectivity index (χ0) is 21.5. The summed E-state index contributed by atoms with van der Waals surface area (Å²) in [6.45, 7) is 6.58. The van der Waals surface area contributed by atoms with E-state index in [0.717, 1.165) is 18.6 Å². The van der Waals surface area contributed by atoms with Crippen LogP contribution in [0.1, 0.15) is 61.5 Å². The van der Waals surface area contributed by atoms with Crippen LogP contribution in [-0.2, 0) is 17.6 Å². The van der Waals surface area contributed by atoms with E-state index in [9.17, 15) is 9.59 Å². The molecule has 2 N–H and O–H groups in total. The second-order valence-electron chi connectivity index (χ2n) is 8.29. The summed E-state index contributed by atoms with van der Waals surface area (Å²) in [5, 5.41) is 5.79. The SMILES string of the molecule is CC[C@H](Oc1ccc2c(c1)CCCC2)C(=O)Nc1ccccc1C(=O)NCC(C)C. The van der Waals surface area contributed by atoms with Gasteiger partial charge in [-0.15, -0.1) is 0 Å². The number of hydrogen-bond acceptors (Lipinski definition) is 3. The van der Waals surface area contributed by atoms with E-state index in [4.69, 9.17) is 4.74 Å². The molecule has 1 aliphatic rings. The van der Waals surface area contributed by atoms with Gasteiger partial charge in [0.2, 0.25) is 0 Å². The Morgan fingerprint density at radius 1 is 1.03 bits per heavy atom. The second kappa shape index (κ2) is 10.3. The maximum atomic E-state index is 12.9. The number of fused-ring (bicyclic) bond motifs is 1. The minimum absolute atomic E-state index is 0.191. The monoisotopic (exact) mass is 408 g/mol. The molecule has 1 aliphatic carbocycles. The highest BCUT2D eigenvalue weighted by Gasteiger charge is 2.22. The van der Waals surface area contributed by atoms with Gasteiger partial charge < -0.3 is 15.4 Å². The summed E-state index contributed by atoms with van der Waals surface area (Å²) >= 11 is 0. The first-order valence-electron chi connectivity index (χ1n) is 10.9. The molecule has 0 aliphatic heterocycles. The molecule has 0 spiro atoms. The van der Waals surface area contributed by atoms with Crippen molar-refractivity contribution in [3.05, 3.63) is 59.2 Å². The first-order valence-corrected chi connectivity index (χ1v) is 10.9. The Morgan fingerprint density at radius 2 is 1.77 bits per heavy atom. The van der Waals surface area contributed by atoms with Gasteiger partial charge in [-0.25, -0.2) is 0 Å². The number of para-hydroxylation sites is 1. The molecule has 3 rings (SSSR count). The lowest BCUT2D eigenvalue weighted by Gasteiger charge is -2.21. The van der Waals surface area contributed by atoms with Crippen molar-refractivity contribution in [2.24, 2.45) is 5.92 Å². The highest BCUT2D eigenvalue weighted by Crippen LogP contribution is 2.26. The molecular formula is C25H32N2O3. The maximum absolute atomic E-state index is 12.9. The van der Waals surface area contributed by atoms with Crippen LogP contribution >= 0.6 is 0 Å². The third-order valence-corrected chi connectivity index (χ3v) is 5.36. The Kier molecular flexibility index (Phi) is 7.50. The van der Waals surface area contributed by atoms with Crippen molar-refractivity contribution in [1.82, 2.24) is 5.32 Å². The Balaban J connectivity index is 1.69. The Hall–Kier alpha value is -2.82. The fraction of sp³-hybridized carbons (Fsp3) is 0.440. The van der Waals surface area contributed by atoms with Gasteiger partial charge in [-0.2, -0.15) is 0 Å². The normalized spacial score (nSPS) is 14.0. The average Bonchev–Trinajstić information content (AvgIpc) is 2.76. The first kappa shape index (κ1) is 21.9. The molecule has 0 saturated carbocycles. The van der Waals surface area contributed by atoms with Gasteiger partial charge in [0.1, 0.15) is 5.75 Å². The van der Waals surface area contributed by atoms with Gasteiger partial charge in [-0.05, 0) is 73.4 Å². The third kappa shape index (κ3) is 5.62. The number of aryl methyl sites for hydroxylation is 2. The van der Waals surface area contributed by atoms with Gasteiger partial charge >= 0.3 is 0 Å². The highest BCUT2D eigenvalue weighted by atomic mass is 16.5. The van der Waals surface area contributed by atoms with Crippen LogP contribution in [0.4, 0.5) is 5.69 Å². The molecule has 30 heavy (non-hydrogen) atoms. The molecule has 2 aromatic rings. The number of amides is 2. The lowest BCUT2D eigenvalue weighted by Crippen LogP contribution is -2.34. The number of carbonyl (C=O) groups is 2. The summed E-state index contributed by atoms with van der Waals surface area (Å²) in [4.78, 5) is 25.4. The molecule has 5 heteroatoms. The standard InChI is InChI=1S/C25H32N2O3/c1-4-23(30-20-14-13-18-9-5-6-10-19(18)15-20)25(29)27-22-12-8-7-11-21(22)24(28)26-16-17(2)3/h7-8,11-15,17,23H,4-6,9-10,16H2,1-3H3,(H,26,28)(H,27,29)/t23-/m0/s1. The molecule has 0 bridgehead atoms. The topological polar surface area (TPSA) is 67.4 Å². The molecular weight excluding hydrogens is 376 g/mol. The van der Waals surface area contributed by atoms with Crippen molar-refractivity contribution < 1.29 is 14.3 Å². The summed E-state index contributed by atoms with van der Waals surface area (Å²) < 4.78 is 6.03. The minimum Gasteiger partial charge on any atom is -0.481 e. The molecule has 2 amide bonds. The van der Waals surface area contributed by atoms with E-state index < -0.39 is 6.10 Å². The van der Waals surface area contributed by atoms with Crippen LogP contribution in [0.3, 0.4) is 0 Å². The number of benzene rings is 2. The van der Waals surface area contributed by atoms with Crippen molar-refractivity contribution in [1.29, 1.82) is 0 Å². The number of ether oxygens (including phenoxy) is 1. The van der Waals surface area contributed by atoms with E-state index in [1.807, 2.05) is 26.8 Å². The Bertz CT molecular complexity index is 892. The molecule has 0 radical (unpaired) electrons. The maximum Gasteiger partial charge on any atom is 0.265 e. The lowest BCUT2D eigenvalue weighted by atomic mass is 9.92. The first-order chi connectivity index (χ1) is 14.5. The summed E-state index contributed by atoms with van der Waals surface area (Å²) in [6, 6.07) is 13.2. The fourth-order valence-electron chi connectivity index (χ4n) is 3.67. The van der Waals surface area contributed by atoms with Crippen molar-refractivity contribution in [2.75, 3.05) is 11.9 Å². The van der Waals surface area contributed by atoms with Crippen LogP contribution in [0.5, 0.6) is 5.75 Å². The summed E-state index contributed by atoms with van der Waals surface area (Å²) in [5.74, 6) is 0.633. The third-order valence-electron chi connectivity index (χ3n) is 5.36. The molecule has 160 valence electrons. The predicted octanol–water partition coefficient (Wildman–Crippen LogP) is 4.75. The van der Waals surface area contributed by atoms with Crippen molar-refractivity contribution in [3.63, 3.8) is 0 Å². The van der Waals surface area contributed by atoms with Gasteiger partial charge in [-0.1, -0.05) is 39.0 Å². The van der Waals surface area contributed by atoms with Crippen molar-refractivity contribution in [3.8, 4) is 5.75 Å². The van der Waals surface area contributed by atoms with E-state index in [1.165, 1.54) is 24.0 Å². The van der Waals surface area contributed by atoms with Gasteiger partial charge in [0.05, 0.1) is 11.3 Å². The summed E-state index contributed by atoms with van der Waals surface area (Å²) in [7, 11) is 0. The van der Waals surface area contributed by atoms with E-state index in [2.05, 4.69) is 22.8 Å². The van der Waals surface area contributed by atoms with Crippen LogP contribution in [0.25, 0.3) is 0 Å². The van der Waals surface area contributed by atoms with E-state index in [-0.39, 0.29) is 11.8 Å². The van der Waals surface area contributed by atoms with Crippen molar-refractivity contribution >= 4 is 17.5 Å². The molecule has 0 unspecified atom stereocenters. The second-order valence-corrected chi connectivity index (χ2v) is 8.29. The minimum atomic E-state index is -0.626. The number of hydrogen-bond donors (Lipinski definition) is 2. The van der Waals surface area contributed by atoms with Gasteiger partial charge in [-0.3, -0.25) is 9.59 Å². The van der Waals surface area contributed by atoms with Gasteiger partial charge in [0, 0.05) is 6.54 Å². The Morgan fingerprint density at radius 3 is 2.50 bits per heavy atom. The van der Waals surface area contributed by atoms with Crippen LogP contribution in [0.15, 0.2) is 42.5 Å². The van der Waals surface area contributed by atoms with Crippen LogP contribution in [0.2, 0.25) is 0 Å². The molecule has 0 saturated heterocycles. The van der Waals surface area contributed by atoms with Crippen molar-refractivity contribution in [2.45, 2.75) is 59.0 Å². The van der Waals surface area contributed by atoms with Gasteiger partial charge in [0.15, 0.2) is 6.10 Å². The number of nitrogens with one attached hydrogen (secondary N) is 2. The zero-order valence-electron chi connectivity index (χ0n) is 18.2. The lowest BCUT2D eigenvalue weighted by molar-refractivity contribution is -0.122. The van der Waals surface area contributed by atoms with E-state index in [1.54, 1.807) is 24.3 Å². The summed E-state index contributed by atoms with van der Waals surface area (Å²) in [5.41, 5.74) is 3.65. The zero-order valence-corrected chi connectivity index (χ0v) is 18.2. The number of rotatable bonds is 8. The van der Waals surface area contributed by atoms with Crippen LogP contribution in [-0.4, -0.2) is 24.5 Å². The largest absolute Gasteiger partial charge is 0.481 e. The van der Waals surface area contributed by atoms with E-state index in [0.29, 0.717) is 30.1 Å². The van der Waals surface area contributed by atoms with Crippen LogP contribution in [0, 0.1) is 5.92 Å². The molecule has 0 heterocycles. The molecule has 1 atom stereocenters. The predicted molar refractivity (Wildman–Crippen MR) is 120 cm³/mol. The quantitative estimate of drug-likeness (QED) is 0.662. The van der Waals surface area contributed by atoms with Crippen LogP contribution < -0.4 is 15.4 Å². The number of carbonyl (C=O) groups excluding carboxylic acids is 2. The average molecular weight is 409 g/mol. The molecule has 0 aromatic heterocycles. The summed E-state index contributed by atoms with van der Waals surface area (Å²) in [6.07, 6.45) is 4.52. The number of anilines is 1. The molecule has 0 fully saturated rings. The fourth-order valence-corrected chi connectivity index (χ4v) is 3.67. The van der Waals surface area contributed by atoms with Gasteiger partial charge in [0.25, 0.3) is 11.8 Å². The Labute approximate surface area is 179 Å². The smallest absolute Gasteiger partial charge is 0.265 e. The van der Waals surface area contributed by atoms with E-state index >= 15 is 0 Å².